The number of carboxylic acid groups (broad SMARTS) is 1. The van der Waals surface area contributed by atoms with Crippen molar-refractivity contribution in [3.8, 4) is 0 Å². The summed E-state index contributed by atoms with van der Waals surface area (Å²) in [7, 11) is 0. The lowest BCUT2D eigenvalue weighted by Gasteiger charge is -1.99. The summed E-state index contributed by atoms with van der Waals surface area (Å²) >= 11 is 1.40. The molecule has 0 atom stereocenters. The van der Waals surface area contributed by atoms with Gasteiger partial charge >= 0.3 is 5.97 Å². The Kier molecular flexibility index (Phi) is 2.51. The van der Waals surface area contributed by atoms with Crippen molar-refractivity contribution in [3.05, 3.63) is 32.7 Å². The second kappa shape index (κ2) is 3.71. The van der Waals surface area contributed by atoms with Crippen LogP contribution in [-0.4, -0.2) is 20.5 Å². The van der Waals surface area contributed by atoms with Gasteiger partial charge < -0.3 is 5.11 Å². The largest absolute Gasteiger partial charge is 0.477 e. The Morgan fingerprint density at radius 1 is 1.62 bits per heavy atom. The molecule has 0 radical (unpaired) electrons. The van der Waals surface area contributed by atoms with Crippen molar-refractivity contribution < 1.29 is 9.90 Å². The fourth-order valence-corrected chi connectivity index (χ4v) is 2.67. The van der Waals surface area contributed by atoms with E-state index in [-0.39, 0.29) is 5.56 Å². The third-order valence-electron chi connectivity index (χ3n) is 2.41. The number of nitrogens with zero attached hydrogens (tertiary/aromatic N) is 2. The first-order valence-electron chi connectivity index (χ1n) is 4.79. The molecule has 84 valence electrons. The number of rotatable bonds is 2. The number of carbonyl (C=O) groups is 1. The average molecular weight is 238 g/mol. The number of fused-ring (bicyclic) bond motifs is 1. The molecule has 2 heterocycles. The van der Waals surface area contributed by atoms with Gasteiger partial charge in [-0.1, -0.05) is 6.92 Å². The summed E-state index contributed by atoms with van der Waals surface area (Å²) < 4.78 is 1.39. The quantitative estimate of drug-likeness (QED) is 0.856. The minimum atomic E-state index is -1.24. The van der Waals surface area contributed by atoms with E-state index < -0.39 is 11.5 Å². The number of aromatic nitrogens is 2. The third kappa shape index (κ3) is 1.42. The fourth-order valence-electron chi connectivity index (χ4n) is 1.66. The van der Waals surface area contributed by atoms with E-state index in [0.717, 1.165) is 16.8 Å². The van der Waals surface area contributed by atoms with Gasteiger partial charge in [-0.05, 0) is 13.3 Å². The van der Waals surface area contributed by atoms with Crippen molar-refractivity contribution in [1.82, 2.24) is 9.38 Å². The average Bonchev–Trinajstić information content (AvgIpc) is 2.54. The summed E-state index contributed by atoms with van der Waals surface area (Å²) in [5.74, 6) is -1.24. The van der Waals surface area contributed by atoms with Crippen LogP contribution in [0.4, 0.5) is 0 Å². The van der Waals surface area contributed by atoms with Gasteiger partial charge in [0.2, 0.25) is 0 Å². The standard InChI is InChI=1S/C10H10N2O3S/c1-3-7-5(2)16-10-11-4-6(9(14)15)8(13)12(7)10/h4H,3H2,1-2H3,(H,14,15). The number of hydrogen-bond acceptors (Lipinski definition) is 4. The van der Waals surface area contributed by atoms with Crippen LogP contribution in [0, 0.1) is 6.92 Å². The second-order valence-electron chi connectivity index (χ2n) is 3.36. The number of thiazole rings is 1. The van der Waals surface area contributed by atoms with E-state index in [1.165, 1.54) is 15.7 Å². The van der Waals surface area contributed by atoms with Gasteiger partial charge in [0.05, 0.1) is 6.20 Å². The summed E-state index contributed by atoms with van der Waals surface area (Å²) in [4.78, 5) is 28.3. The number of hydrogen-bond donors (Lipinski definition) is 1. The van der Waals surface area contributed by atoms with Crippen molar-refractivity contribution >= 4 is 22.3 Å². The minimum absolute atomic E-state index is 0.287. The van der Waals surface area contributed by atoms with Crippen LogP contribution in [0.2, 0.25) is 0 Å². The van der Waals surface area contributed by atoms with E-state index in [2.05, 4.69) is 4.98 Å². The highest BCUT2D eigenvalue weighted by Gasteiger charge is 2.16. The molecule has 0 aliphatic heterocycles. The molecule has 1 N–H and O–H groups in total. The van der Waals surface area contributed by atoms with Crippen LogP contribution in [0.1, 0.15) is 27.9 Å². The zero-order chi connectivity index (χ0) is 11.9. The maximum absolute atomic E-state index is 11.9. The zero-order valence-corrected chi connectivity index (χ0v) is 9.67. The van der Waals surface area contributed by atoms with Crippen LogP contribution in [0.15, 0.2) is 11.0 Å². The Bertz CT molecular complexity index is 627. The molecular weight excluding hydrogens is 228 g/mol. The number of aryl methyl sites for hydroxylation is 2. The van der Waals surface area contributed by atoms with Gasteiger partial charge in [0.15, 0.2) is 4.96 Å². The molecular formula is C10H10N2O3S. The first-order chi connectivity index (χ1) is 7.56. The first-order valence-corrected chi connectivity index (χ1v) is 5.61. The maximum Gasteiger partial charge on any atom is 0.342 e. The van der Waals surface area contributed by atoms with Crippen LogP contribution < -0.4 is 5.56 Å². The summed E-state index contributed by atoms with van der Waals surface area (Å²) in [6.07, 6.45) is 1.80. The summed E-state index contributed by atoms with van der Waals surface area (Å²) in [5.41, 5.74) is 0.0456. The predicted octanol–water partition coefficient (Wildman–Crippen LogP) is 1.33. The molecule has 0 saturated carbocycles. The van der Waals surface area contributed by atoms with Gasteiger partial charge in [0.1, 0.15) is 5.56 Å². The van der Waals surface area contributed by atoms with Crippen LogP contribution in [-0.2, 0) is 6.42 Å². The second-order valence-corrected chi connectivity index (χ2v) is 4.54. The molecule has 2 rings (SSSR count). The Morgan fingerprint density at radius 2 is 2.31 bits per heavy atom. The lowest BCUT2D eigenvalue weighted by atomic mass is 10.3. The zero-order valence-electron chi connectivity index (χ0n) is 8.85. The van der Waals surface area contributed by atoms with E-state index in [9.17, 15) is 9.59 Å². The minimum Gasteiger partial charge on any atom is -0.477 e. The number of aromatic carboxylic acids is 1. The predicted molar refractivity (Wildman–Crippen MR) is 60.4 cm³/mol. The topological polar surface area (TPSA) is 71.7 Å². The molecule has 2 aromatic rings. The lowest BCUT2D eigenvalue weighted by Crippen LogP contribution is -2.23. The van der Waals surface area contributed by atoms with Crippen LogP contribution >= 0.6 is 11.3 Å². The van der Waals surface area contributed by atoms with Crippen molar-refractivity contribution in [1.29, 1.82) is 0 Å². The van der Waals surface area contributed by atoms with Gasteiger partial charge in [0.25, 0.3) is 5.56 Å². The first kappa shape index (κ1) is 10.8. The molecule has 0 fully saturated rings. The summed E-state index contributed by atoms with van der Waals surface area (Å²) in [6, 6.07) is 0. The molecule has 0 aromatic carbocycles. The Labute approximate surface area is 95.0 Å². The SMILES string of the molecule is CCc1c(C)sc2ncc(C(=O)O)c(=O)n12. The van der Waals surface area contributed by atoms with Gasteiger partial charge in [-0.3, -0.25) is 9.20 Å². The molecule has 2 aromatic heterocycles. The Morgan fingerprint density at radius 3 is 2.88 bits per heavy atom. The summed E-state index contributed by atoms with van der Waals surface area (Å²) in [6.45, 7) is 3.83. The van der Waals surface area contributed by atoms with Crippen LogP contribution in [0.3, 0.4) is 0 Å². The molecule has 6 heteroatoms. The number of carboxylic acids is 1. The molecule has 0 saturated heterocycles. The highest BCUT2D eigenvalue weighted by Crippen LogP contribution is 2.19. The van der Waals surface area contributed by atoms with E-state index in [4.69, 9.17) is 5.11 Å². The molecule has 0 unspecified atom stereocenters. The molecule has 0 bridgehead atoms. The van der Waals surface area contributed by atoms with E-state index in [0.29, 0.717) is 11.4 Å². The molecule has 0 aliphatic carbocycles. The van der Waals surface area contributed by atoms with Crippen molar-refractivity contribution in [2.45, 2.75) is 20.3 Å². The molecule has 0 spiro atoms. The molecule has 0 aliphatic rings. The van der Waals surface area contributed by atoms with Gasteiger partial charge in [-0.15, -0.1) is 11.3 Å². The van der Waals surface area contributed by atoms with E-state index in [1.54, 1.807) is 0 Å². The molecule has 16 heavy (non-hydrogen) atoms. The fraction of sp³-hybridized carbons (Fsp3) is 0.300. The molecule has 0 amide bonds. The van der Waals surface area contributed by atoms with Gasteiger partial charge in [-0.2, -0.15) is 0 Å². The van der Waals surface area contributed by atoms with Crippen LogP contribution in [0.5, 0.6) is 0 Å². The van der Waals surface area contributed by atoms with E-state index >= 15 is 0 Å². The smallest absolute Gasteiger partial charge is 0.342 e. The van der Waals surface area contributed by atoms with Crippen molar-refractivity contribution in [2.75, 3.05) is 0 Å². The monoisotopic (exact) mass is 238 g/mol. The third-order valence-corrected chi connectivity index (χ3v) is 3.43. The lowest BCUT2D eigenvalue weighted by molar-refractivity contribution is 0.0694. The highest BCUT2D eigenvalue weighted by atomic mass is 32.1. The van der Waals surface area contributed by atoms with Gasteiger partial charge in [0, 0.05) is 10.6 Å². The normalized spacial score (nSPS) is 10.9. The van der Waals surface area contributed by atoms with Crippen LogP contribution in [0.25, 0.3) is 4.96 Å². The Balaban J connectivity index is 2.92. The highest BCUT2D eigenvalue weighted by molar-refractivity contribution is 7.17. The molecule has 5 nitrogen and oxygen atoms in total. The van der Waals surface area contributed by atoms with E-state index in [1.807, 2.05) is 13.8 Å². The van der Waals surface area contributed by atoms with Crippen molar-refractivity contribution in [2.24, 2.45) is 0 Å². The summed E-state index contributed by atoms with van der Waals surface area (Å²) in [5, 5.41) is 8.85. The Hall–Kier alpha value is -1.69. The van der Waals surface area contributed by atoms with Crippen molar-refractivity contribution in [3.63, 3.8) is 0 Å². The van der Waals surface area contributed by atoms with Gasteiger partial charge in [-0.25, -0.2) is 9.78 Å². The maximum atomic E-state index is 11.9.